The van der Waals surface area contributed by atoms with E-state index in [1.807, 2.05) is 0 Å². The van der Waals surface area contributed by atoms with E-state index < -0.39 is 34.0 Å². The van der Waals surface area contributed by atoms with Gasteiger partial charge in [0.2, 0.25) is 6.79 Å². The Morgan fingerprint density at radius 2 is 1.82 bits per heavy atom. The molecule has 11 heteroatoms. The molecule has 0 bridgehead atoms. The molecule has 2 aromatic carbocycles. The molecule has 2 heterocycles. The molecule has 0 aliphatic carbocycles. The number of anilines is 1. The van der Waals surface area contributed by atoms with Crippen molar-refractivity contribution in [2.24, 2.45) is 10.9 Å². The van der Waals surface area contributed by atoms with Crippen LogP contribution in [0.15, 0.2) is 52.4 Å². The van der Waals surface area contributed by atoms with Gasteiger partial charge in [-0.15, -0.1) is 0 Å². The van der Waals surface area contributed by atoms with Gasteiger partial charge in [0.1, 0.15) is 5.84 Å². The molecule has 0 radical (unpaired) electrons. The lowest BCUT2D eigenvalue weighted by Crippen LogP contribution is -2.37. The second-order valence-electron chi connectivity index (χ2n) is 7.90. The van der Waals surface area contributed by atoms with Crippen LogP contribution in [-0.2, 0) is 24.3 Å². The smallest absolute Gasteiger partial charge is 0.331 e. The van der Waals surface area contributed by atoms with E-state index in [1.54, 1.807) is 50.2 Å². The SMILES string of the molecule is CC(C)[C@@H](N=C1NS(=O)(=O)c2ccccc21)C(=O)O[C@H](C)C(=O)Nc1ccc2c(c1)OCO2. The topological polar surface area (TPSA) is 132 Å². The molecule has 2 atom stereocenters. The van der Waals surface area contributed by atoms with E-state index in [9.17, 15) is 18.0 Å². The zero-order valence-electron chi connectivity index (χ0n) is 18.2. The number of nitrogens with zero attached hydrogens (tertiary/aromatic N) is 1. The minimum Gasteiger partial charge on any atom is -0.454 e. The fraction of sp³-hybridized carbons (Fsp3) is 0.318. The number of ether oxygens (including phenoxy) is 3. The Morgan fingerprint density at radius 3 is 2.58 bits per heavy atom. The maximum Gasteiger partial charge on any atom is 0.331 e. The lowest BCUT2D eigenvalue weighted by atomic mass is 10.0. The highest BCUT2D eigenvalue weighted by atomic mass is 32.2. The van der Waals surface area contributed by atoms with Gasteiger partial charge in [-0.25, -0.2) is 13.2 Å². The van der Waals surface area contributed by atoms with Crippen LogP contribution in [0.25, 0.3) is 0 Å². The second kappa shape index (κ2) is 8.74. The molecule has 0 unspecified atom stereocenters. The normalized spacial score (nSPS) is 18.4. The highest BCUT2D eigenvalue weighted by Crippen LogP contribution is 2.34. The van der Waals surface area contributed by atoms with Crippen LogP contribution in [0.4, 0.5) is 5.69 Å². The van der Waals surface area contributed by atoms with Crippen molar-refractivity contribution in [1.82, 2.24) is 4.72 Å². The van der Waals surface area contributed by atoms with Crippen LogP contribution >= 0.6 is 0 Å². The van der Waals surface area contributed by atoms with E-state index in [-0.39, 0.29) is 23.4 Å². The molecule has 2 aliphatic heterocycles. The minimum atomic E-state index is -3.74. The number of fused-ring (bicyclic) bond motifs is 2. The Morgan fingerprint density at radius 1 is 1.09 bits per heavy atom. The van der Waals surface area contributed by atoms with Crippen molar-refractivity contribution in [2.45, 2.75) is 37.8 Å². The maximum absolute atomic E-state index is 12.8. The van der Waals surface area contributed by atoms with Crippen molar-refractivity contribution in [3.8, 4) is 11.5 Å². The Bertz CT molecular complexity index is 1240. The van der Waals surface area contributed by atoms with E-state index in [4.69, 9.17) is 14.2 Å². The Kier molecular flexibility index (Phi) is 5.98. The fourth-order valence-corrected chi connectivity index (χ4v) is 4.60. The Hall–Kier alpha value is -3.60. The number of carbonyl (C=O) groups is 2. The number of amidine groups is 1. The van der Waals surface area contributed by atoms with Crippen molar-refractivity contribution in [1.29, 1.82) is 0 Å². The number of esters is 1. The first-order chi connectivity index (χ1) is 15.7. The van der Waals surface area contributed by atoms with E-state index in [0.29, 0.717) is 22.7 Å². The summed E-state index contributed by atoms with van der Waals surface area (Å²) in [6.45, 7) is 5.06. The van der Waals surface area contributed by atoms with Crippen molar-refractivity contribution in [3.05, 3.63) is 48.0 Å². The third kappa shape index (κ3) is 4.63. The van der Waals surface area contributed by atoms with Crippen molar-refractivity contribution < 1.29 is 32.2 Å². The number of nitrogens with one attached hydrogen (secondary N) is 2. The summed E-state index contributed by atoms with van der Waals surface area (Å²) in [5.41, 5.74) is 0.842. The molecule has 2 aliphatic rings. The number of hydrogen-bond donors (Lipinski definition) is 2. The molecule has 10 nitrogen and oxygen atoms in total. The first kappa shape index (κ1) is 22.6. The van der Waals surface area contributed by atoms with Crippen LogP contribution in [-0.4, -0.2) is 45.1 Å². The highest BCUT2D eigenvalue weighted by molar-refractivity contribution is 7.90. The molecule has 2 aromatic rings. The average Bonchev–Trinajstić information content (AvgIpc) is 3.33. The molecular weight excluding hydrogens is 450 g/mol. The highest BCUT2D eigenvalue weighted by Gasteiger charge is 2.34. The van der Waals surface area contributed by atoms with E-state index in [1.165, 1.54) is 13.0 Å². The number of sulfonamides is 1. The molecule has 0 saturated heterocycles. The molecule has 2 N–H and O–H groups in total. The van der Waals surface area contributed by atoms with Crippen LogP contribution in [0.1, 0.15) is 26.3 Å². The fourth-order valence-electron chi connectivity index (χ4n) is 3.36. The Balaban J connectivity index is 1.46. The quantitative estimate of drug-likeness (QED) is 0.614. The summed E-state index contributed by atoms with van der Waals surface area (Å²) in [7, 11) is -3.74. The minimum absolute atomic E-state index is 0.0683. The van der Waals surface area contributed by atoms with Gasteiger partial charge < -0.3 is 19.5 Å². The zero-order chi connectivity index (χ0) is 23.8. The third-order valence-electron chi connectivity index (χ3n) is 5.11. The number of hydrogen-bond acceptors (Lipinski definition) is 8. The van der Waals surface area contributed by atoms with Crippen molar-refractivity contribution in [2.75, 3.05) is 12.1 Å². The van der Waals surface area contributed by atoms with Gasteiger partial charge in [-0.2, -0.15) is 0 Å². The summed E-state index contributed by atoms with van der Waals surface area (Å²) in [6.07, 6.45) is -1.11. The summed E-state index contributed by atoms with van der Waals surface area (Å²) in [5.74, 6) is -0.438. The second-order valence-corrected chi connectivity index (χ2v) is 9.56. The molecule has 4 rings (SSSR count). The van der Waals surface area contributed by atoms with Crippen LogP contribution < -0.4 is 19.5 Å². The lowest BCUT2D eigenvalue weighted by Gasteiger charge is -2.19. The number of rotatable bonds is 6. The first-order valence-electron chi connectivity index (χ1n) is 10.3. The van der Waals surface area contributed by atoms with E-state index >= 15 is 0 Å². The number of amides is 1. The van der Waals surface area contributed by atoms with Crippen LogP contribution in [0.3, 0.4) is 0 Å². The van der Waals surface area contributed by atoms with E-state index in [0.717, 1.165) is 0 Å². The lowest BCUT2D eigenvalue weighted by molar-refractivity contribution is -0.155. The summed E-state index contributed by atoms with van der Waals surface area (Å²) < 4.78 is 42.9. The number of benzene rings is 2. The number of aliphatic imine (C=N–C) groups is 1. The molecule has 1 amide bonds. The predicted octanol–water partition coefficient (Wildman–Crippen LogP) is 2.05. The standard InChI is InChI=1S/C22H23N3O7S/c1-12(2)19(24-20-15-6-4-5-7-18(15)33(28,29)25-20)22(27)32-13(3)21(26)23-14-8-9-16-17(10-14)31-11-30-16/h4-10,12-13,19H,11H2,1-3H3,(H,23,26)(H,24,25)/t13-,19-/m1/s1. The van der Waals surface area contributed by atoms with Crippen molar-refractivity contribution >= 4 is 33.4 Å². The summed E-state index contributed by atoms with van der Waals surface area (Å²) in [5, 5.41) is 2.66. The van der Waals surface area contributed by atoms with Gasteiger partial charge in [0.05, 0.1) is 4.90 Å². The van der Waals surface area contributed by atoms with Gasteiger partial charge in [-0.05, 0) is 37.1 Å². The van der Waals surface area contributed by atoms with Gasteiger partial charge in [0, 0.05) is 17.3 Å². The van der Waals surface area contributed by atoms with Gasteiger partial charge in [0.25, 0.3) is 15.9 Å². The predicted molar refractivity (Wildman–Crippen MR) is 119 cm³/mol. The van der Waals surface area contributed by atoms with E-state index in [2.05, 4.69) is 15.0 Å². The first-order valence-corrected chi connectivity index (χ1v) is 11.7. The van der Waals surface area contributed by atoms with Crippen molar-refractivity contribution in [3.63, 3.8) is 0 Å². The third-order valence-corrected chi connectivity index (χ3v) is 6.50. The molecule has 33 heavy (non-hydrogen) atoms. The monoisotopic (exact) mass is 473 g/mol. The van der Waals surface area contributed by atoms with Gasteiger partial charge in [-0.1, -0.05) is 26.0 Å². The Labute approximate surface area is 191 Å². The van der Waals surface area contributed by atoms with Crippen LogP contribution in [0.5, 0.6) is 11.5 Å². The average molecular weight is 474 g/mol. The summed E-state index contributed by atoms with van der Waals surface area (Å²) >= 11 is 0. The van der Waals surface area contributed by atoms with Gasteiger partial charge >= 0.3 is 5.97 Å². The molecule has 0 spiro atoms. The largest absolute Gasteiger partial charge is 0.454 e. The molecular formula is C22H23N3O7S. The van der Waals surface area contributed by atoms with Crippen LogP contribution in [0.2, 0.25) is 0 Å². The summed E-state index contributed by atoms with van der Waals surface area (Å²) in [6, 6.07) is 10.3. The zero-order valence-corrected chi connectivity index (χ0v) is 19.0. The van der Waals surface area contributed by atoms with Gasteiger partial charge in [0.15, 0.2) is 23.6 Å². The summed E-state index contributed by atoms with van der Waals surface area (Å²) in [4.78, 5) is 29.8. The molecule has 0 saturated carbocycles. The molecule has 174 valence electrons. The molecule has 0 aromatic heterocycles. The molecule has 0 fully saturated rings. The van der Waals surface area contributed by atoms with Crippen LogP contribution in [0, 0.1) is 5.92 Å². The number of carbonyl (C=O) groups excluding carboxylic acids is 2. The van der Waals surface area contributed by atoms with Gasteiger partial charge in [-0.3, -0.25) is 14.5 Å². The maximum atomic E-state index is 12.8.